The van der Waals surface area contributed by atoms with Crippen molar-refractivity contribution in [1.29, 1.82) is 0 Å². The average Bonchev–Trinajstić information content (AvgIpc) is 2.76. The van der Waals surface area contributed by atoms with Gasteiger partial charge in [-0.3, -0.25) is 9.67 Å². The normalized spacial score (nSPS) is 11.2. The summed E-state index contributed by atoms with van der Waals surface area (Å²) in [5.41, 5.74) is 0. The first-order valence-electron chi connectivity index (χ1n) is 5.14. The monoisotopic (exact) mass is 254 g/mol. The first-order chi connectivity index (χ1) is 7.58. The molecular weight excluding hydrogens is 240 g/mol. The molecule has 86 valence electrons. The summed E-state index contributed by atoms with van der Waals surface area (Å²) in [4.78, 5) is 5.56. The van der Waals surface area contributed by atoms with Gasteiger partial charge < -0.3 is 0 Å². The minimum absolute atomic E-state index is 0.356. The van der Waals surface area contributed by atoms with Crippen LogP contribution < -0.4 is 0 Å². The quantitative estimate of drug-likeness (QED) is 0.857. The molecule has 0 aliphatic rings. The molecule has 0 aliphatic heterocycles. The zero-order valence-corrected chi connectivity index (χ0v) is 11.2. The molecule has 16 heavy (non-hydrogen) atoms. The minimum atomic E-state index is 0.356. The molecule has 0 aromatic carbocycles. The zero-order chi connectivity index (χ0) is 11.7. The first kappa shape index (κ1) is 11.5. The van der Waals surface area contributed by atoms with Gasteiger partial charge >= 0.3 is 0 Å². The highest BCUT2D eigenvalue weighted by atomic mass is 32.1. The second-order valence-corrected chi connectivity index (χ2v) is 5.70. The standard InChI is InChI=1S/C10H14N4S2/c1-6(2)9-12-13-10(15)14(9)5-8-11-4-7(3)16-8/h4,6H,5H2,1-3H3,(H,13,15). The third-order valence-corrected chi connectivity index (χ3v) is 3.48. The summed E-state index contributed by atoms with van der Waals surface area (Å²) in [6.07, 6.45) is 1.89. The van der Waals surface area contributed by atoms with E-state index < -0.39 is 0 Å². The van der Waals surface area contributed by atoms with Gasteiger partial charge in [0.15, 0.2) is 4.77 Å². The van der Waals surface area contributed by atoms with Crippen molar-refractivity contribution in [2.75, 3.05) is 0 Å². The van der Waals surface area contributed by atoms with E-state index in [1.165, 1.54) is 4.88 Å². The molecule has 2 heterocycles. The molecule has 1 N–H and O–H groups in total. The van der Waals surface area contributed by atoms with Crippen molar-refractivity contribution in [1.82, 2.24) is 19.7 Å². The van der Waals surface area contributed by atoms with Crippen LogP contribution in [0.2, 0.25) is 0 Å². The van der Waals surface area contributed by atoms with Crippen LogP contribution in [-0.2, 0) is 6.54 Å². The minimum Gasteiger partial charge on any atom is -0.297 e. The summed E-state index contributed by atoms with van der Waals surface area (Å²) >= 11 is 6.91. The van der Waals surface area contributed by atoms with Gasteiger partial charge in [0.05, 0.1) is 6.54 Å². The molecule has 0 saturated carbocycles. The predicted molar refractivity (Wildman–Crippen MR) is 67.5 cm³/mol. The van der Waals surface area contributed by atoms with Crippen molar-refractivity contribution in [2.45, 2.75) is 33.2 Å². The molecule has 0 atom stereocenters. The second kappa shape index (κ2) is 4.47. The Balaban J connectivity index is 2.33. The van der Waals surface area contributed by atoms with Crippen LogP contribution >= 0.6 is 23.6 Å². The molecule has 0 bridgehead atoms. The van der Waals surface area contributed by atoms with E-state index in [1.807, 2.05) is 10.8 Å². The van der Waals surface area contributed by atoms with Crippen LogP contribution in [0.3, 0.4) is 0 Å². The number of aryl methyl sites for hydroxylation is 1. The van der Waals surface area contributed by atoms with Crippen molar-refractivity contribution in [3.63, 3.8) is 0 Å². The Morgan fingerprint density at radius 2 is 2.31 bits per heavy atom. The fourth-order valence-electron chi connectivity index (χ4n) is 1.53. The number of rotatable bonds is 3. The van der Waals surface area contributed by atoms with Crippen molar-refractivity contribution in [3.05, 3.63) is 26.7 Å². The summed E-state index contributed by atoms with van der Waals surface area (Å²) in [5, 5.41) is 8.15. The van der Waals surface area contributed by atoms with Crippen LogP contribution in [0.25, 0.3) is 0 Å². The fraction of sp³-hybridized carbons (Fsp3) is 0.500. The highest BCUT2D eigenvalue weighted by molar-refractivity contribution is 7.71. The third kappa shape index (κ3) is 2.22. The largest absolute Gasteiger partial charge is 0.297 e. The van der Waals surface area contributed by atoms with Gasteiger partial charge in [-0.1, -0.05) is 13.8 Å². The Morgan fingerprint density at radius 1 is 1.56 bits per heavy atom. The molecule has 0 saturated heterocycles. The zero-order valence-electron chi connectivity index (χ0n) is 9.52. The van der Waals surface area contributed by atoms with Crippen LogP contribution in [0, 0.1) is 11.7 Å². The molecule has 0 unspecified atom stereocenters. The highest BCUT2D eigenvalue weighted by Gasteiger charge is 2.11. The molecule has 0 spiro atoms. The molecule has 4 nitrogen and oxygen atoms in total. The Kier molecular flexibility index (Phi) is 3.20. The smallest absolute Gasteiger partial charge is 0.195 e. The van der Waals surface area contributed by atoms with Gasteiger partial charge in [0.1, 0.15) is 10.8 Å². The van der Waals surface area contributed by atoms with E-state index in [1.54, 1.807) is 11.3 Å². The lowest BCUT2D eigenvalue weighted by Crippen LogP contribution is -2.06. The molecule has 6 heteroatoms. The number of nitrogens with one attached hydrogen (secondary N) is 1. The third-order valence-electron chi connectivity index (χ3n) is 2.27. The summed E-state index contributed by atoms with van der Waals surface area (Å²) in [5.74, 6) is 1.34. The molecule has 0 amide bonds. The van der Waals surface area contributed by atoms with E-state index in [2.05, 4.69) is 36.0 Å². The van der Waals surface area contributed by atoms with E-state index in [0.29, 0.717) is 17.2 Å². The Hall–Kier alpha value is -1.01. The summed E-state index contributed by atoms with van der Waals surface area (Å²) in [6, 6.07) is 0. The Morgan fingerprint density at radius 3 is 2.88 bits per heavy atom. The lowest BCUT2D eigenvalue weighted by atomic mass is 10.2. The average molecular weight is 254 g/mol. The van der Waals surface area contributed by atoms with Gasteiger partial charge in [-0.05, 0) is 19.1 Å². The number of aromatic amines is 1. The maximum Gasteiger partial charge on any atom is 0.195 e. The summed E-state index contributed by atoms with van der Waals surface area (Å²) < 4.78 is 2.68. The number of hydrogen-bond donors (Lipinski definition) is 1. The Labute approximate surface area is 103 Å². The van der Waals surface area contributed by atoms with Gasteiger partial charge in [-0.2, -0.15) is 5.10 Å². The molecule has 2 aromatic rings. The van der Waals surface area contributed by atoms with Crippen molar-refractivity contribution in [3.8, 4) is 0 Å². The van der Waals surface area contributed by atoms with Crippen LogP contribution in [0.15, 0.2) is 6.20 Å². The van der Waals surface area contributed by atoms with E-state index in [-0.39, 0.29) is 0 Å². The molecule has 0 aliphatic carbocycles. The van der Waals surface area contributed by atoms with Crippen molar-refractivity contribution < 1.29 is 0 Å². The van der Waals surface area contributed by atoms with Gasteiger partial charge in [0.2, 0.25) is 0 Å². The van der Waals surface area contributed by atoms with Crippen LogP contribution in [0.1, 0.15) is 35.5 Å². The molecule has 2 rings (SSSR count). The van der Waals surface area contributed by atoms with Crippen molar-refractivity contribution in [2.24, 2.45) is 0 Å². The summed E-state index contributed by atoms with van der Waals surface area (Å²) in [7, 11) is 0. The fourth-order valence-corrected chi connectivity index (χ4v) is 2.51. The summed E-state index contributed by atoms with van der Waals surface area (Å²) in [6.45, 7) is 6.98. The van der Waals surface area contributed by atoms with Crippen LogP contribution in [0.5, 0.6) is 0 Å². The number of nitrogens with zero attached hydrogens (tertiary/aromatic N) is 3. The number of thiazole rings is 1. The topological polar surface area (TPSA) is 46.5 Å². The van der Waals surface area contributed by atoms with Gasteiger partial charge in [0.25, 0.3) is 0 Å². The molecule has 2 aromatic heterocycles. The lowest BCUT2D eigenvalue weighted by Gasteiger charge is -2.06. The molecule has 0 fully saturated rings. The van der Waals surface area contributed by atoms with Crippen LogP contribution in [0.4, 0.5) is 0 Å². The van der Waals surface area contributed by atoms with E-state index in [0.717, 1.165) is 10.8 Å². The van der Waals surface area contributed by atoms with E-state index in [4.69, 9.17) is 12.2 Å². The maximum absolute atomic E-state index is 5.22. The number of hydrogen-bond acceptors (Lipinski definition) is 4. The predicted octanol–water partition coefficient (Wildman–Crippen LogP) is 2.88. The first-order valence-corrected chi connectivity index (χ1v) is 6.37. The van der Waals surface area contributed by atoms with Crippen molar-refractivity contribution >= 4 is 23.6 Å². The number of aromatic nitrogens is 4. The SMILES string of the molecule is Cc1cnc(Cn2c(C(C)C)n[nH]c2=S)s1. The van der Waals surface area contributed by atoms with E-state index in [9.17, 15) is 0 Å². The van der Waals surface area contributed by atoms with E-state index >= 15 is 0 Å². The maximum atomic E-state index is 5.22. The Bertz CT molecular complexity index is 535. The van der Waals surface area contributed by atoms with Gasteiger partial charge in [-0.25, -0.2) is 4.98 Å². The second-order valence-electron chi connectivity index (χ2n) is 3.99. The molecular formula is C10H14N4S2. The van der Waals surface area contributed by atoms with Gasteiger partial charge in [-0.15, -0.1) is 11.3 Å². The van der Waals surface area contributed by atoms with Gasteiger partial charge in [0, 0.05) is 17.0 Å². The van der Waals surface area contributed by atoms with Crippen LogP contribution in [-0.4, -0.2) is 19.7 Å². The highest BCUT2D eigenvalue weighted by Crippen LogP contribution is 2.17. The lowest BCUT2D eigenvalue weighted by molar-refractivity contribution is 0.662. The number of H-pyrrole nitrogens is 1. The molecule has 0 radical (unpaired) electrons.